The number of carboxylic acid groups (broad SMARTS) is 1. The normalized spacial score (nSPS) is 13.2. The summed E-state index contributed by atoms with van der Waals surface area (Å²) >= 11 is 5.65. The number of sulfonamides is 1. The van der Waals surface area contributed by atoms with Crippen molar-refractivity contribution < 1.29 is 22.7 Å². The van der Waals surface area contributed by atoms with Crippen LogP contribution in [0.1, 0.15) is 13.3 Å². The molecule has 0 aliphatic carbocycles. The summed E-state index contributed by atoms with van der Waals surface area (Å²) in [5.74, 6) is -2.30. The Morgan fingerprint density at radius 1 is 1.53 bits per heavy atom. The summed E-state index contributed by atoms with van der Waals surface area (Å²) in [7, 11) is -3.87. The Kier molecular flexibility index (Phi) is 5.28. The molecule has 0 aliphatic heterocycles. The molecule has 0 saturated carbocycles. The van der Waals surface area contributed by atoms with Gasteiger partial charge < -0.3 is 5.11 Å². The fraction of sp³-hybridized carbons (Fsp3) is 0.364. The lowest BCUT2D eigenvalue weighted by Gasteiger charge is -2.10. The highest BCUT2D eigenvalue weighted by Gasteiger charge is 2.19. The second-order valence-electron chi connectivity index (χ2n) is 4.00. The van der Waals surface area contributed by atoms with Crippen LogP contribution in [0.25, 0.3) is 0 Å². The van der Waals surface area contributed by atoms with E-state index in [4.69, 9.17) is 16.7 Å². The van der Waals surface area contributed by atoms with Gasteiger partial charge in [-0.15, -0.1) is 0 Å². The molecule has 0 aliphatic rings. The monoisotopic (exact) mass is 309 g/mol. The standard InChI is InChI=1S/C11H13ClFNO4S/c1-7(11(15)16)4-5-14-19(17,18)10-3-2-8(13)6-9(10)12/h2-3,6-7,14H,4-5H2,1H3,(H,15,16). The molecule has 1 unspecified atom stereocenters. The van der Waals surface area contributed by atoms with Crippen LogP contribution in [-0.2, 0) is 14.8 Å². The molecular weight excluding hydrogens is 297 g/mol. The number of carboxylic acids is 1. The van der Waals surface area contributed by atoms with Crippen LogP contribution >= 0.6 is 11.6 Å². The minimum atomic E-state index is -3.87. The van der Waals surface area contributed by atoms with Crippen LogP contribution in [0.4, 0.5) is 4.39 Å². The number of carbonyl (C=O) groups is 1. The van der Waals surface area contributed by atoms with Crippen molar-refractivity contribution in [3.8, 4) is 0 Å². The summed E-state index contributed by atoms with van der Waals surface area (Å²) in [5, 5.41) is 8.44. The molecule has 1 aromatic rings. The quantitative estimate of drug-likeness (QED) is 0.840. The molecule has 0 fully saturated rings. The van der Waals surface area contributed by atoms with Gasteiger partial charge in [0.25, 0.3) is 0 Å². The molecule has 2 N–H and O–H groups in total. The van der Waals surface area contributed by atoms with E-state index in [-0.39, 0.29) is 22.9 Å². The highest BCUT2D eigenvalue weighted by Crippen LogP contribution is 2.21. The van der Waals surface area contributed by atoms with E-state index in [1.54, 1.807) is 0 Å². The first-order chi connectivity index (χ1) is 8.74. The average Bonchev–Trinajstić information content (AvgIpc) is 2.27. The van der Waals surface area contributed by atoms with Gasteiger partial charge >= 0.3 is 5.97 Å². The smallest absolute Gasteiger partial charge is 0.306 e. The Morgan fingerprint density at radius 3 is 2.68 bits per heavy atom. The molecule has 0 radical (unpaired) electrons. The van der Waals surface area contributed by atoms with E-state index in [0.29, 0.717) is 0 Å². The number of benzene rings is 1. The molecular formula is C11H13ClFNO4S. The zero-order valence-electron chi connectivity index (χ0n) is 10.1. The van der Waals surface area contributed by atoms with Gasteiger partial charge in [0.2, 0.25) is 10.0 Å². The fourth-order valence-electron chi connectivity index (χ4n) is 1.30. The van der Waals surface area contributed by atoms with Gasteiger partial charge in [0.1, 0.15) is 10.7 Å². The van der Waals surface area contributed by atoms with Crippen molar-refractivity contribution >= 4 is 27.6 Å². The Bertz CT molecular complexity index is 576. The highest BCUT2D eigenvalue weighted by atomic mass is 35.5. The zero-order chi connectivity index (χ0) is 14.6. The Hall–Kier alpha value is -1.18. The summed E-state index contributed by atoms with van der Waals surface area (Å²) in [6.07, 6.45) is 0.146. The predicted octanol–water partition coefficient (Wildman–Crippen LogP) is 1.87. The van der Waals surface area contributed by atoms with E-state index >= 15 is 0 Å². The topological polar surface area (TPSA) is 83.5 Å². The summed E-state index contributed by atoms with van der Waals surface area (Å²) in [6.45, 7) is 1.44. The van der Waals surface area contributed by atoms with Crippen LogP contribution in [0, 0.1) is 11.7 Å². The van der Waals surface area contributed by atoms with Gasteiger partial charge in [-0.05, 0) is 24.6 Å². The number of hydrogen-bond donors (Lipinski definition) is 2. The maximum Gasteiger partial charge on any atom is 0.306 e. The Balaban J connectivity index is 2.74. The lowest BCUT2D eigenvalue weighted by Crippen LogP contribution is -2.27. The molecule has 0 amide bonds. The number of rotatable bonds is 6. The first kappa shape index (κ1) is 15.9. The van der Waals surface area contributed by atoms with Crippen molar-refractivity contribution in [2.75, 3.05) is 6.54 Å². The molecule has 1 rings (SSSR count). The van der Waals surface area contributed by atoms with Crippen molar-refractivity contribution in [2.45, 2.75) is 18.2 Å². The SMILES string of the molecule is CC(CCNS(=O)(=O)c1ccc(F)cc1Cl)C(=O)O. The molecule has 106 valence electrons. The van der Waals surface area contributed by atoms with E-state index in [1.807, 2.05) is 0 Å². The van der Waals surface area contributed by atoms with Crippen LogP contribution in [-0.4, -0.2) is 26.0 Å². The molecule has 8 heteroatoms. The molecule has 0 bridgehead atoms. The van der Waals surface area contributed by atoms with Gasteiger partial charge in [-0.25, -0.2) is 17.5 Å². The summed E-state index contributed by atoms with van der Waals surface area (Å²) < 4.78 is 38.7. The van der Waals surface area contributed by atoms with Gasteiger partial charge in [-0.3, -0.25) is 4.79 Å². The van der Waals surface area contributed by atoms with Crippen molar-refractivity contribution in [3.63, 3.8) is 0 Å². The predicted molar refractivity (Wildman–Crippen MR) is 68.0 cm³/mol. The van der Waals surface area contributed by atoms with Crippen LogP contribution < -0.4 is 4.72 Å². The van der Waals surface area contributed by atoms with E-state index in [9.17, 15) is 17.6 Å². The van der Waals surface area contributed by atoms with Gasteiger partial charge in [0, 0.05) is 6.54 Å². The highest BCUT2D eigenvalue weighted by molar-refractivity contribution is 7.89. The van der Waals surface area contributed by atoms with Crippen LogP contribution in [0.15, 0.2) is 23.1 Å². The van der Waals surface area contributed by atoms with Gasteiger partial charge in [-0.1, -0.05) is 18.5 Å². The van der Waals surface area contributed by atoms with Crippen molar-refractivity contribution in [3.05, 3.63) is 29.0 Å². The zero-order valence-corrected chi connectivity index (χ0v) is 11.6. The first-order valence-electron chi connectivity index (χ1n) is 5.41. The Labute approximate surface area is 115 Å². The molecule has 1 aromatic carbocycles. The van der Waals surface area contributed by atoms with Crippen LogP contribution in [0.2, 0.25) is 5.02 Å². The lowest BCUT2D eigenvalue weighted by atomic mass is 10.1. The first-order valence-corrected chi connectivity index (χ1v) is 7.27. The largest absolute Gasteiger partial charge is 0.481 e. The minimum Gasteiger partial charge on any atom is -0.481 e. The average molecular weight is 310 g/mol. The summed E-state index contributed by atoms with van der Waals surface area (Å²) in [4.78, 5) is 10.3. The molecule has 0 aromatic heterocycles. The van der Waals surface area contributed by atoms with Crippen molar-refractivity contribution in [1.82, 2.24) is 4.72 Å². The molecule has 0 heterocycles. The molecule has 0 spiro atoms. The minimum absolute atomic E-state index is 0.0382. The van der Waals surface area contributed by atoms with Crippen molar-refractivity contribution in [2.24, 2.45) is 5.92 Å². The second-order valence-corrected chi connectivity index (χ2v) is 6.14. The Morgan fingerprint density at radius 2 is 2.16 bits per heavy atom. The third kappa shape index (κ3) is 4.45. The van der Waals surface area contributed by atoms with E-state index in [2.05, 4.69) is 4.72 Å². The maximum atomic E-state index is 12.8. The number of halogens is 2. The van der Waals surface area contributed by atoms with Gasteiger partial charge in [-0.2, -0.15) is 0 Å². The van der Waals surface area contributed by atoms with Crippen LogP contribution in [0.5, 0.6) is 0 Å². The summed E-state index contributed by atoms with van der Waals surface area (Å²) in [5.41, 5.74) is 0. The summed E-state index contributed by atoms with van der Waals surface area (Å²) in [6, 6.07) is 2.94. The van der Waals surface area contributed by atoms with Gasteiger partial charge in [0.15, 0.2) is 0 Å². The van der Waals surface area contributed by atoms with E-state index in [0.717, 1.165) is 18.2 Å². The fourth-order valence-corrected chi connectivity index (χ4v) is 2.88. The molecule has 19 heavy (non-hydrogen) atoms. The molecule has 0 saturated heterocycles. The third-order valence-electron chi connectivity index (χ3n) is 2.47. The third-order valence-corrected chi connectivity index (χ3v) is 4.42. The maximum absolute atomic E-state index is 12.8. The second kappa shape index (κ2) is 6.31. The van der Waals surface area contributed by atoms with Gasteiger partial charge in [0.05, 0.1) is 10.9 Å². The molecule has 1 atom stereocenters. The van der Waals surface area contributed by atoms with E-state index in [1.165, 1.54) is 6.92 Å². The van der Waals surface area contributed by atoms with Crippen LogP contribution in [0.3, 0.4) is 0 Å². The lowest BCUT2D eigenvalue weighted by molar-refractivity contribution is -0.141. The van der Waals surface area contributed by atoms with E-state index < -0.39 is 27.7 Å². The number of nitrogens with one attached hydrogen (secondary N) is 1. The number of hydrogen-bond acceptors (Lipinski definition) is 3. The van der Waals surface area contributed by atoms with Crippen molar-refractivity contribution in [1.29, 1.82) is 0 Å². The number of aliphatic carboxylic acids is 1. The molecule has 5 nitrogen and oxygen atoms in total.